The van der Waals surface area contributed by atoms with E-state index in [4.69, 9.17) is 20.8 Å². The van der Waals surface area contributed by atoms with Crippen molar-refractivity contribution in [2.75, 3.05) is 20.6 Å². The van der Waals surface area contributed by atoms with Gasteiger partial charge in [0.1, 0.15) is 23.6 Å². The zero-order chi connectivity index (χ0) is 22.8. The van der Waals surface area contributed by atoms with Gasteiger partial charge in [0.2, 0.25) is 11.8 Å². The highest BCUT2D eigenvalue weighted by Crippen LogP contribution is 2.33. The maximum atomic E-state index is 13.9. The van der Waals surface area contributed by atoms with Crippen molar-refractivity contribution in [1.82, 2.24) is 14.8 Å². The Bertz CT molecular complexity index is 1180. The van der Waals surface area contributed by atoms with Crippen molar-refractivity contribution in [2.24, 2.45) is 0 Å². The van der Waals surface area contributed by atoms with Crippen LogP contribution in [0.15, 0.2) is 47.1 Å². The van der Waals surface area contributed by atoms with Crippen molar-refractivity contribution in [1.29, 1.82) is 0 Å². The molecule has 166 valence electrons. The molecule has 0 radical (unpaired) electrons. The smallest absolute Gasteiger partial charge is 0.275 e. The Morgan fingerprint density at radius 1 is 1.28 bits per heavy atom. The first-order chi connectivity index (χ1) is 15.3. The van der Waals surface area contributed by atoms with Gasteiger partial charge in [0.25, 0.3) is 5.91 Å². The first-order valence-electron chi connectivity index (χ1n) is 10.0. The summed E-state index contributed by atoms with van der Waals surface area (Å²) in [5, 5.41) is -0.00754. The summed E-state index contributed by atoms with van der Waals surface area (Å²) in [6.07, 6.45) is 2.63. The number of likely N-dealkylation sites (tertiary alicyclic amines) is 1. The Hall–Kier alpha value is -3.39. The monoisotopic (exact) mass is 457 g/mol. The summed E-state index contributed by atoms with van der Waals surface area (Å²) in [5.41, 5.74) is 1.50. The standard InChI is InChI=1S/C23H21ClFN3O4/c1-27(2)23(30)19-13-31-22(26-19)14-5-6-15(12-28-9-3-4-21(28)29)20(10-14)32-16-7-8-17(24)18(25)11-16/h5-8,10-11,13H,3-4,9,12H2,1-2H3. The molecule has 32 heavy (non-hydrogen) atoms. The van der Waals surface area contributed by atoms with Crippen molar-refractivity contribution in [3.05, 3.63) is 64.8 Å². The lowest BCUT2D eigenvalue weighted by Crippen LogP contribution is -2.24. The topological polar surface area (TPSA) is 75.9 Å². The number of carbonyl (C=O) groups is 2. The number of amides is 2. The van der Waals surface area contributed by atoms with E-state index in [1.807, 2.05) is 0 Å². The molecule has 1 aliphatic heterocycles. The predicted octanol–water partition coefficient (Wildman–Crippen LogP) is 4.75. The molecule has 0 N–H and O–H groups in total. The summed E-state index contributed by atoms with van der Waals surface area (Å²) in [5.74, 6) is 0.119. The molecule has 1 aromatic heterocycles. The summed E-state index contributed by atoms with van der Waals surface area (Å²) in [6, 6.07) is 9.44. The summed E-state index contributed by atoms with van der Waals surface area (Å²) in [6.45, 7) is 1.03. The fraction of sp³-hybridized carbons (Fsp3) is 0.261. The molecule has 2 heterocycles. The van der Waals surface area contributed by atoms with E-state index in [9.17, 15) is 14.0 Å². The molecule has 3 aromatic rings. The van der Waals surface area contributed by atoms with Gasteiger partial charge < -0.3 is 19.0 Å². The Morgan fingerprint density at radius 3 is 2.78 bits per heavy atom. The zero-order valence-electron chi connectivity index (χ0n) is 17.6. The van der Waals surface area contributed by atoms with Crippen LogP contribution >= 0.6 is 11.6 Å². The molecule has 7 nitrogen and oxygen atoms in total. The third kappa shape index (κ3) is 4.60. The van der Waals surface area contributed by atoms with Gasteiger partial charge in [-0.15, -0.1) is 0 Å². The second-order valence-electron chi connectivity index (χ2n) is 7.66. The number of ether oxygens (including phenoxy) is 1. The fourth-order valence-electron chi connectivity index (χ4n) is 3.39. The highest BCUT2D eigenvalue weighted by Gasteiger charge is 2.23. The number of hydrogen-bond donors (Lipinski definition) is 0. The minimum atomic E-state index is -0.601. The predicted molar refractivity (Wildman–Crippen MR) is 116 cm³/mol. The molecule has 0 atom stereocenters. The van der Waals surface area contributed by atoms with E-state index in [0.717, 1.165) is 12.0 Å². The largest absolute Gasteiger partial charge is 0.457 e. The van der Waals surface area contributed by atoms with E-state index < -0.39 is 5.82 Å². The van der Waals surface area contributed by atoms with Crippen LogP contribution < -0.4 is 4.74 Å². The second kappa shape index (κ2) is 9.00. The lowest BCUT2D eigenvalue weighted by atomic mass is 10.1. The normalized spacial score (nSPS) is 13.5. The molecular weight excluding hydrogens is 437 g/mol. The molecule has 0 unspecified atom stereocenters. The van der Waals surface area contributed by atoms with Crippen molar-refractivity contribution in [2.45, 2.75) is 19.4 Å². The van der Waals surface area contributed by atoms with Crippen LogP contribution in [0.1, 0.15) is 28.9 Å². The van der Waals surface area contributed by atoms with Gasteiger partial charge in [-0.3, -0.25) is 9.59 Å². The highest BCUT2D eigenvalue weighted by atomic mass is 35.5. The molecule has 0 spiro atoms. The number of carbonyl (C=O) groups excluding carboxylic acids is 2. The molecule has 1 saturated heterocycles. The van der Waals surface area contributed by atoms with Gasteiger partial charge in [0.15, 0.2) is 5.69 Å². The number of nitrogens with zero attached hydrogens (tertiary/aromatic N) is 3. The van der Waals surface area contributed by atoms with Gasteiger partial charge in [0, 0.05) is 50.8 Å². The van der Waals surface area contributed by atoms with Gasteiger partial charge in [-0.05, 0) is 30.7 Å². The molecule has 0 saturated carbocycles. The van der Waals surface area contributed by atoms with Crippen LogP contribution in [-0.2, 0) is 11.3 Å². The first-order valence-corrected chi connectivity index (χ1v) is 10.4. The fourth-order valence-corrected chi connectivity index (χ4v) is 3.51. The summed E-state index contributed by atoms with van der Waals surface area (Å²) < 4.78 is 25.4. The van der Waals surface area contributed by atoms with Gasteiger partial charge in [0.05, 0.1) is 5.02 Å². The highest BCUT2D eigenvalue weighted by molar-refractivity contribution is 6.30. The van der Waals surface area contributed by atoms with Crippen molar-refractivity contribution < 1.29 is 23.1 Å². The first kappa shape index (κ1) is 21.8. The van der Waals surface area contributed by atoms with Gasteiger partial charge in [-0.1, -0.05) is 17.7 Å². The molecule has 9 heteroatoms. The SMILES string of the molecule is CN(C)C(=O)c1coc(-c2ccc(CN3CCCC3=O)c(Oc3ccc(Cl)c(F)c3)c2)n1. The Labute approximate surface area is 189 Å². The molecule has 1 aliphatic rings. The lowest BCUT2D eigenvalue weighted by Gasteiger charge is -2.19. The third-order valence-corrected chi connectivity index (χ3v) is 5.40. The average molecular weight is 458 g/mol. The number of halogens is 2. The Morgan fingerprint density at radius 2 is 2.09 bits per heavy atom. The average Bonchev–Trinajstić information content (AvgIpc) is 3.41. The number of rotatable bonds is 6. The summed E-state index contributed by atoms with van der Waals surface area (Å²) in [7, 11) is 3.25. The van der Waals surface area contributed by atoms with E-state index in [-0.39, 0.29) is 34.2 Å². The maximum Gasteiger partial charge on any atom is 0.275 e. The second-order valence-corrected chi connectivity index (χ2v) is 8.06. The number of benzene rings is 2. The van der Waals surface area contributed by atoms with Crippen LogP contribution in [-0.4, -0.2) is 47.2 Å². The Kier molecular flexibility index (Phi) is 6.14. The van der Waals surface area contributed by atoms with Crippen LogP contribution in [0.25, 0.3) is 11.5 Å². The van der Waals surface area contributed by atoms with E-state index >= 15 is 0 Å². The minimum Gasteiger partial charge on any atom is -0.457 e. The zero-order valence-corrected chi connectivity index (χ0v) is 18.4. The summed E-state index contributed by atoms with van der Waals surface area (Å²) >= 11 is 5.77. The van der Waals surface area contributed by atoms with Crippen LogP contribution in [0.3, 0.4) is 0 Å². The quantitative estimate of drug-likeness (QED) is 0.534. The van der Waals surface area contributed by atoms with Crippen LogP contribution in [0.5, 0.6) is 11.5 Å². The summed E-state index contributed by atoms with van der Waals surface area (Å²) in [4.78, 5) is 31.7. The van der Waals surface area contributed by atoms with Gasteiger partial charge >= 0.3 is 0 Å². The third-order valence-electron chi connectivity index (χ3n) is 5.10. The van der Waals surface area contributed by atoms with E-state index in [1.54, 1.807) is 43.3 Å². The van der Waals surface area contributed by atoms with Crippen molar-refractivity contribution in [3.8, 4) is 23.0 Å². The molecule has 0 aliphatic carbocycles. The van der Waals surface area contributed by atoms with E-state index in [1.165, 1.54) is 23.3 Å². The molecular formula is C23H21ClFN3O4. The molecule has 1 fully saturated rings. The van der Waals surface area contributed by atoms with Crippen LogP contribution in [0.4, 0.5) is 4.39 Å². The van der Waals surface area contributed by atoms with Gasteiger partial charge in [-0.25, -0.2) is 9.37 Å². The lowest BCUT2D eigenvalue weighted by molar-refractivity contribution is -0.128. The van der Waals surface area contributed by atoms with Crippen molar-refractivity contribution in [3.63, 3.8) is 0 Å². The van der Waals surface area contributed by atoms with Crippen molar-refractivity contribution >= 4 is 23.4 Å². The Balaban J connectivity index is 1.68. The minimum absolute atomic E-state index is 0.00754. The maximum absolute atomic E-state index is 13.9. The molecule has 2 amide bonds. The van der Waals surface area contributed by atoms with E-state index in [2.05, 4.69) is 4.98 Å². The van der Waals surface area contributed by atoms with Crippen LogP contribution in [0, 0.1) is 5.82 Å². The number of aromatic nitrogens is 1. The molecule has 0 bridgehead atoms. The van der Waals surface area contributed by atoms with E-state index in [0.29, 0.717) is 30.8 Å². The number of hydrogen-bond acceptors (Lipinski definition) is 5. The number of oxazole rings is 1. The van der Waals surface area contributed by atoms with Crippen LogP contribution in [0.2, 0.25) is 5.02 Å². The molecule has 4 rings (SSSR count). The molecule has 2 aromatic carbocycles. The van der Waals surface area contributed by atoms with Gasteiger partial charge in [-0.2, -0.15) is 0 Å².